The summed E-state index contributed by atoms with van der Waals surface area (Å²) in [5.74, 6) is 2.30. The zero-order valence-corrected chi connectivity index (χ0v) is 17.5. The molecule has 0 unspecified atom stereocenters. The van der Waals surface area contributed by atoms with Crippen LogP contribution in [0.3, 0.4) is 0 Å². The van der Waals surface area contributed by atoms with Crippen molar-refractivity contribution in [3.8, 4) is 34.3 Å². The fourth-order valence-corrected chi connectivity index (χ4v) is 3.50. The fourth-order valence-electron chi connectivity index (χ4n) is 3.21. The summed E-state index contributed by atoms with van der Waals surface area (Å²) in [5.41, 5.74) is 3.23. The van der Waals surface area contributed by atoms with Crippen LogP contribution < -0.4 is 14.2 Å². The van der Waals surface area contributed by atoms with E-state index >= 15 is 0 Å². The van der Waals surface area contributed by atoms with Gasteiger partial charge in [-0.15, -0.1) is 0 Å². The van der Waals surface area contributed by atoms with E-state index in [-0.39, 0.29) is 0 Å². The van der Waals surface area contributed by atoms with E-state index in [0.717, 1.165) is 28.1 Å². The highest BCUT2D eigenvalue weighted by molar-refractivity contribution is 7.81. The molecule has 0 atom stereocenters. The highest BCUT2D eigenvalue weighted by atomic mass is 32.1. The second-order valence-electron chi connectivity index (χ2n) is 6.29. The summed E-state index contributed by atoms with van der Waals surface area (Å²) in [6.07, 6.45) is 4.74. The van der Waals surface area contributed by atoms with E-state index < -0.39 is 0 Å². The first-order valence-electron chi connectivity index (χ1n) is 9.04. The predicted octanol–water partition coefficient (Wildman–Crippen LogP) is 4.32. The fraction of sp³-hybridized carbons (Fsp3) is 0.136. The van der Waals surface area contributed by atoms with E-state index in [1.54, 1.807) is 38.6 Å². The number of ether oxygens (including phenoxy) is 3. The van der Waals surface area contributed by atoms with Crippen molar-refractivity contribution in [3.63, 3.8) is 0 Å². The lowest BCUT2D eigenvalue weighted by atomic mass is 9.99. The van der Waals surface area contributed by atoms with Crippen molar-refractivity contribution in [2.24, 2.45) is 0 Å². The van der Waals surface area contributed by atoms with E-state index in [9.17, 15) is 0 Å². The number of benzene rings is 2. The van der Waals surface area contributed by atoms with E-state index in [0.29, 0.717) is 22.1 Å². The molecule has 7 nitrogen and oxygen atoms in total. The Hall–Kier alpha value is -3.65. The molecule has 8 heteroatoms. The maximum atomic E-state index is 5.89. The van der Waals surface area contributed by atoms with Crippen LogP contribution in [-0.4, -0.2) is 41.0 Å². The van der Waals surface area contributed by atoms with Gasteiger partial charge in [-0.25, -0.2) is 9.67 Å². The molecule has 0 aliphatic carbocycles. The molecule has 152 valence electrons. The number of methoxy groups -OCH3 is 3. The first kappa shape index (κ1) is 19.7. The Labute approximate surface area is 178 Å². The third kappa shape index (κ3) is 3.53. The number of furan rings is 1. The molecule has 0 saturated carbocycles. The summed E-state index contributed by atoms with van der Waals surface area (Å²) in [6, 6.07) is 13.3. The summed E-state index contributed by atoms with van der Waals surface area (Å²) in [5, 5.41) is 4.26. The third-order valence-electron chi connectivity index (χ3n) is 4.64. The van der Waals surface area contributed by atoms with Gasteiger partial charge in [-0.2, -0.15) is 5.10 Å². The minimum atomic E-state index is 0.507. The zero-order valence-electron chi connectivity index (χ0n) is 16.7. The third-order valence-corrected chi connectivity index (χ3v) is 5.09. The maximum absolute atomic E-state index is 5.89. The van der Waals surface area contributed by atoms with E-state index in [1.807, 2.05) is 42.5 Å². The van der Waals surface area contributed by atoms with Crippen LogP contribution in [0.4, 0.5) is 0 Å². The zero-order chi connectivity index (χ0) is 21.1. The van der Waals surface area contributed by atoms with Crippen LogP contribution in [0.2, 0.25) is 0 Å². The molecule has 4 rings (SSSR count). The lowest BCUT2D eigenvalue weighted by Gasteiger charge is -2.16. The quantitative estimate of drug-likeness (QED) is 0.325. The van der Waals surface area contributed by atoms with Crippen molar-refractivity contribution in [2.45, 2.75) is 0 Å². The van der Waals surface area contributed by atoms with E-state index in [4.69, 9.17) is 30.8 Å². The minimum Gasteiger partial charge on any atom is -0.493 e. The van der Waals surface area contributed by atoms with Crippen LogP contribution in [0.1, 0.15) is 11.1 Å². The van der Waals surface area contributed by atoms with Gasteiger partial charge in [0, 0.05) is 16.7 Å². The molecular weight excluding hydrogens is 402 g/mol. The predicted molar refractivity (Wildman–Crippen MR) is 116 cm³/mol. The molecule has 0 N–H and O–H groups in total. The Morgan fingerprint density at radius 3 is 2.33 bits per heavy atom. The maximum Gasteiger partial charge on any atom is 0.203 e. The summed E-state index contributed by atoms with van der Waals surface area (Å²) in [6.45, 7) is 0. The SMILES string of the molecule is COc1cc(C(=S)c2cc(-c3ccco3)ccc2-n2cncn2)cc(OC)c1OC. The van der Waals surface area contributed by atoms with Crippen molar-refractivity contribution in [2.75, 3.05) is 21.3 Å². The molecule has 0 radical (unpaired) electrons. The molecule has 2 heterocycles. The first-order valence-corrected chi connectivity index (χ1v) is 9.44. The monoisotopic (exact) mass is 421 g/mol. The number of aromatic nitrogens is 3. The van der Waals surface area contributed by atoms with Crippen LogP contribution in [0.5, 0.6) is 17.2 Å². The molecule has 4 aromatic rings. The van der Waals surface area contributed by atoms with Gasteiger partial charge >= 0.3 is 0 Å². The second-order valence-corrected chi connectivity index (χ2v) is 6.70. The summed E-state index contributed by atoms with van der Waals surface area (Å²) in [4.78, 5) is 4.65. The van der Waals surface area contributed by atoms with Gasteiger partial charge in [0.15, 0.2) is 11.5 Å². The lowest BCUT2D eigenvalue weighted by molar-refractivity contribution is 0.324. The molecule has 0 bridgehead atoms. The summed E-state index contributed by atoms with van der Waals surface area (Å²) < 4.78 is 23.6. The van der Waals surface area contributed by atoms with Gasteiger partial charge in [0.05, 0.1) is 38.1 Å². The van der Waals surface area contributed by atoms with Gasteiger partial charge < -0.3 is 18.6 Å². The molecule has 0 amide bonds. The van der Waals surface area contributed by atoms with Crippen LogP contribution in [0.15, 0.2) is 65.8 Å². The van der Waals surface area contributed by atoms with Crippen LogP contribution in [0, 0.1) is 0 Å². The largest absolute Gasteiger partial charge is 0.493 e. The van der Waals surface area contributed by atoms with Crippen LogP contribution in [-0.2, 0) is 0 Å². The second kappa shape index (κ2) is 8.38. The average molecular weight is 421 g/mol. The molecule has 0 aliphatic rings. The standard InChI is InChI=1S/C22H19N3O4S/c1-26-19-10-15(11-20(27-2)21(19)28-3)22(30)16-9-14(18-5-4-8-29-18)6-7-17(16)25-13-23-12-24-25/h4-13H,1-3H3. The number of nitrogens with zero attached hydrogens (tertiary/aromatic N) is 3. The Morgan fingerprint density at radius 2 is 1.77 bits per heavy atom. The van der Waals surface area contributed by atoms with Crippen molar-refractivity contribution in [1.29, 1.82) is 0 Å². The average Bonchev–Trinajstić information content (AvgIpc) is 3.51. The van der Waals surface area contributed by atoms with Gasteiger partial charge in [0.1, 0.15) is 18.4 Å². The molecule has 0 fully saturated rings. The van der Waals surface area contributed by atoms with Crippen molar-refractivity contribution in [3.05, 3.63) is 72.5 Å². The smallest absolute Gasteiger partial charge is 0.203 e. The molecule has 0 aliphatic heterocycles. The van der Waals surface area contributed by atoms with Gasteiger partial charge in [-0.05, 0) is 42.5 Å². The van der Waals surface area contributed by atoms with Gasteiger partial charge in [0.25, 0.3) is 0 Å². The normalized spacial score (nSPS) is 10.6. The summed E-state index contributed by atoms with van der Waals surface area (Å²) in [7, 11) is 4.71. The number of rotatable bonds is 7. The number of hydrogen-bond donors (Lipinski definition) is 0. The first-order chi connectivity index (χ1) is 14.7. The molecule has 0 saturated heterocycles. The van der Waals surface area contributed by atoms with Gasteiger partial charge in [-0.3, -0.25) is 0 Å². The highest BCUT2D eigenvalue weighted by Crippen LogP contribution is 2.39. The van der Waals surface area contributed by atoms with Crippen LogP contribution in [0.25, 0.3) is 17.0 Å². The molecular formula is C22H19N3O4S. The molecule has 2 aromatic heterocycles. The molecule has 0 spiro atoms. The Balaban J connectivity index is 1.88. The number of thiocarbonyl (C=S) groups is 1. The highest BCUT2D eigenvalue weighted by Gasteiger charge is 2.19. The van der Waals surface area contributed by atoms with Gasteiger partial charge in [-0.1, -0.05) is 12.2 Å². The van der Waals surface area contributed by atoms with Gasteiger partial charge in [0.2, 0.25) is 5.75 Å². The van der Waals surface area contributed by atoms with Crippen LogP contribution >= 0.6 is 12.2 Å². The molecule has 2 aromatic carbocycles. The number of hydrogen-bond acceptors (Lipinski definition) is 7. The Morgan fingerprint density at radius 1 is 1.00 bits per heavy atom. The van der Waals surface area contributed by atoms with Crippen molar-refractivity contribution < 1.29 is 18.6 Å². The van der Waals surface area contributed by atoms with E-state index in [2.05, 4.69) is 10.1 Å². The molecule has 30 heavy (non-hydrogen) atoms. The van der Waals surface area contributed by atoms with Crippen molar-refractivity contribution in [1.82, 2.24) is 14.8 Å². The van der Waals surface area contributed by atoms with Crippen molar-refractivity contribution >= 4 is 17.1 Å². The Kier molecular flexibility index (Phi) is 5.49. The Bertz CT molecular complexity index is 1150. The summed E-state index contributed by atoms with van der Waals surface area (Å²) >= 11 is 5.89. The topological polar surface area (TPSA) is 71.5 Å². The van der Waals surface area contributed by atoms with E-state index in [1.165, 1.54) is 6.33 Å². The minimum absolute atomic E-state index is 0.507. The lowest BCUT2D eigenvalue weighted by Crippen LogP contribution is -2.08.